The first-order chi connectivity index (χ1) is 28.2. The van der Waals surface area contributed by atoms with Gasteiger partial charge in [0.15, 0.2) is 0 Å². The van der Waals surface area contributed by atoms with Crippen molar-refractivity contribution >= 4 is 70.4 Å². The van der Waals surface area contributed by atoms with Gasteiger partial charge in [0.1, 0.15) is 0 Å². The summed E-state index contributed by atoms with van der Waals surface area (Å²) < 4.78 is 4.97. The van der Waals surface area contributed by atoms with Gasteiger partial charge in [-0.25, -0.2) is 0 Å². The lowest BCUT2D eigenvalue weighted by atomic mass is 10.0. The molecule has 11 rings (SSSR count). The van der Waals surface area contributed by atoms with E-state index in [2.05, 4.69) is 228 Å². The first-order valence-corrected chi connectivity index (χ1v) is 20.2. The highest BCUT2D eigenvalue weighted by atomic mass is 32.1. The van der Waals surface area contributed by atoms with E-state index in [0.29, 0.717) is 0 Å². The monoisotopic (exact) mass is 744 g/mol. The lowest BCUT2D eigenvalue weighted by Crippen LogP contribution is -2.09. The fourth-order valence-electron chi connectivity index (χ4n) is 8.41. The summed E-state index contributed by atoms with van der Waals surface area (Å²) in [6.45, 7) is 0. The van der Waals surface area contributed by atoms with E-state index in [9.17, 15) is 0 Å². The third kappa shape index (κ3) is 5.88. The number of thiophene rings is 1. The number of hydrogen-bond acceptors (Lipinski definition) is 2. The maximum absolute atomic E-state index is 2.43. The third-order valence-electron chi connectivity index (χ3n) is 11.2. The predicted octanol–water partition coefficient (Wildman–Crippen LogP) is 15.6. The summed E-state index contributed by atoms with van der Waals surface area (Å²) in [5.41, 5.74) is 14.3. The van der Waals surface area contributed by atoms with Crippen molar-refractivity contribution in [2.45, 2.75) is 0 Å². The minimum absolute atomic E-state index is 1.12. The molecule has 0 saturated heterocycles. The second-order valence-electron chi connectivity index (χ2n) is 14.6. The highest BCUT2D eigenvalue weighted by Gasteiger charge is 2.18. The summed E-state index contributed by atoms with van der Waals surface area (Å²) in [5, 5.41) is 5.07. The number of benzene rings is 9. The molecule has 0 fully saturated rings. The molecule has 11 aromatic rings. The molecule has 0 N–H and O–H groups in total. The van der Waals surface area contributed by atoms with Crippen molar-refractivity contribution in [3.8, 4) is 39.1 Å². The molecule has 0 spiro atoms. The topological polar surface area (TPSA) is 8.17 Å². The van der Waals surface area contributed by atoms with Crippen molar-refractivity contribution in [1.29, 1.82) is 0 Å². The normalized spacial score (nSPS) is 11.5. The van der Waals surface area contributed by atoms with Gasteiger partial charge in [-0.1, -0.05) is 146 Å². The number of hydrogen-bond donors (Lipinski definition) is 0. The predicted molar refractivity (Wildman–Crippen MR) is 245 cm³/mol. The summed E-state index contributed by atoms with van der Waals surface area (Å²) in [5.74, 6) is 0. The highest BCUT2D eigenvalue weighted by molar-refractivity contribution is 7.25. The Balaban J connectivity index is 1.02. The average Bonchev–Trinajstić information content (AvgIpc) is 3.82. The van der Waals surface area contributed by atoms with Crippen molar-refractivity contribution in [3.05, 3.63) is 218 Å². The molecule has 0 bridgehead atoms. The Morgan fingerprint density at radius 1 is 0.298 bits per heavy atom. The number of rotatable bonds is 7. The van der Waals surface area contributed by atoms with Crippen molar-refractivity contribution in [1.82, 2.24) is 4.57 Å². The van der Waals surface area contributed by atoms with E-state index in [0.717, 1.165) is 17.1 Å². The molecule has 0 amide bonds. The molecule has 2 nitrogen and oxygen atoms in total. The van der Waals surface area contributed by atoms with Gasteiger partial charge in [0.25, 0.3) is 0 Å². The Labute approximate surface area is 335 Å². The summed E-state index contributed by atoms with van der Waals surface area (Å²) in [7, 11) is 0. The smallest absolute Gasteiger partial charge is 0.0541 e. The SMILES string of the molecule is c1ccc(-c2ccc(N(c3ccc(-c4ccccc4)cc3)c3ccc4c(c3)sc3ccc(-n5c6ccccc6c6cc(-c7ccccc7)ccc65)cc34)cc2)cc1. The molecule has 0 unspecified atom stereocenters. The van der Waals surface area contributed by atoms with Gasteiger partial charge in [0, 0.05) is 53.7 Å². The number of anilines is 3. The minimum Gasteiger partial charge on any atom is -0.310 e. The number of fused-ring (bicyclic) bond motifs is 6. The van der Waals surface area contributed by atoms with Crippen LogP contribution in [0.3, 0.4) is 0 Å². The van der Waals surface area contributed by atoms with E-state index < -0.39 is 0 Å². The molecule has 0 atom stereocenters. The van der Waals surface area contributed by atoms with Gasteiger partial charge in [-0.3, -0.25) is 0 Å². The maximum Gasteiger partial charge on any atom is 0.0541 e. The van der Waals surface area contributed by atoms with Crippen LogP contribution in [0.1, 0.15) is 0 Å². The van der Waals surface area contributed by atoms with Crippen LogP contribution in [0.15, 0.2) is 218 Å². The molecule has 0 radical (unpaired) electrons. The molecular formula is C54H36N2S. The van der Waals surface area contributed by atoms with E-state index in [1.165, 1.54) is 81.0 Å². The minimum atomic E-state index is 1.12. The largest absolute Gasteiger partial charge is 0.310 e. The lowest BCUT2D eigenvalue weighted by Gasteiger charge is -2.26. The first kappa shape index (κ1) is 33.2. The van der Waals surface area contributed by atoms with Crippen LogP contribution in [-0.2, 0) is 0 Å². The fourth-order valence-corrected chi connectivity index (χ4v) is 9.53. The van der Waals surface area contributed by atoms with Crippen LogP contribution >= 0.6 is 11.3 Å². The number of aromatic nitrogens is 1. The van der Waals surface area contributed by atoms with Crippen molar-refractivity contribution in [2.24, 2.45) is 0 Å². The molecule has 57 heavy (non-hydrogen) atoms. The Morgan fingerprint density at radius 3 is 1.44 bits per heavy atom. The maximum atomic E-state index is 2.43. The molecule has 9 aromatic carbocycles. The van der Waals surface area contributed by atoms with Gasteiger partial charge in [-0.05, 0) is 106 Å². The van der Waals surface area contributed by atoms with Gasteiger partial charge < -0.3 is 9.47 Å². The molecular weight excluding hydrogens is 709 g/mol. The second-order valence-corrected chi connectivity index (χ2v) is 15.7. The van der Waals surface area contributed by atoms with E-state index in [1.54, 1.807) is 0 Å². The van der Waals surface area contributed by atoms with Crippen LogP contribution < -0.4 is 4.90 Å². The van der Waals surface area contributed by atoms with Gasteiger partial charge in [0.05, 0.1) is 11.0 Å². The lowest BCUT2D eigenvalue weighted by molar-refractivity contribution is 1.19. The van der Waals surface area contributed by atoms with Gasteiger partial charge >= 0.3 is 0 Å². The molecule has 2 heterocycles. The number of para-hydroxylation sites is 1. The number of nitrogens with zero attached hydrogens (tertiary/aromatic N) is 2. The van der Waals surface area contributed by atoms with E-state index in [1.807, 2.05) is 11.3 Å². The van der Waals surface area contributed by atoms with E-state index in [-0.39, 0.29) is 0 Å². The van der Waals surface area contributed by atoms with Gasteiger partial charge in [-0.15, -0.1) is 11.3 Å². The Morgan fingerprint density at radius 2 is 0.807 bits per heavy atom. The molecule has 268 valence electrons. The van der Waals surface area contributed by atoms with Crippen LogP contribution in [0, 0.1) is 0 Å². The van der Waals surface area contributed by atoms with Crippen LogP contribution in [0.5, 0.6) is 0 Å². The molecule has 0 aliphatic rings. The molecule has 0 saturated carbocycles. The zero-order valence-electron chi connectivity index (χ0n) is 31.1. The molecule has 3 heteroatoms. The Bertz CT molecular complexity index is 3120. The summed E-state index contributed by atoms with van der Waals surface area (Å²) in [6, 6.07) is 79.3. The van der Waals surface area contributed by atoms with Crippen molar-refractivity contribution in [3.63, 3.8) is 0 Å². The summed E-state index contributed by atoms with van der Waals surface area (Å²) >= 11 is 1.86. The first-order valence-electron chi connectivity index (χ1n) is 19.4. The molecule has 0 aliphatic heterocycles. The fraction of sp³-hybridized carbons (Fsp3) is 0. The van der Waals surface area contributed by atoms with Crippen LogP contribution in [-0.4, -0.2) is 4.57 Å². The van der Waals surface area contributed by atoms with Crippen molar-refractivity contribution < 1.29 is 0 Å². The van der Waals surface area contributed by atoms with E-state index in [4.69, 9.17) is 0 Å². The summed E-state index contributed by atoms with van der Waals surface area (Å²) in [6.07, 6.45) is 0. The standard InChI is InChI=1S/C54H36N2S/c1-4-12-37(13-5-1)40-20-25-43(26-21-40)55(44-27-22-41(23-28-44)38-14-6-2-7-15-38)46-29-31-48-50-35-45(30-33-53(50)57-54(48)36-46)56-51-19-11-10-18-47(51)49-34-42(24-32-52(49)56)39-16-8-3-9-17-39/h1-36H. The molecule has 0 aliphatic carbocycles. The summed E-state index contributed by atoms with van der Waals surface area (Å²) in [4.78, 5) is 2.38. The highest BCUT2D eigenvalue weighted by Crippen LogP contribution is 2.43. The average molecular weight is 745 g/mol. The van der Waals surface area contributed by atoms with Gasteiger partial charge in [0.2, 0.25) is 0 Å². The Hall–Kier alpha value is -7.20. The zero-order valence-corrected chi connectivity index (χ0v) is 31.9. The van der Waals surface area contributed by atoms with Crippen LogP contribution in [0.25, 0.3) is 81.0 Å². The Kier molecular flexibility index (Phi) is 8.04. The quantitative estimate of drug-likeness (QED) is 0.158. The van der Waals surface area contributed by atoms with Crippen LogP contribution in [0.4, 0.5) is 17.1 Å². The third-order valence-corrected chi connectivity index (χ3v) is 12.3. The van der Waals surface area contributed by atoms with Crippen LogP contribution in [0.2, 0.25) is 0 Å². The zero-order chi connectivity index (χ0) is 37.7. The van der Waals surface area contributed by atoms with Crippen molar-refractivity contribution in [2.75, 3.05) is 4.90 Å². The molecule has 2 aromatic heterocycles. The second kappa shape index (κ2) is 13.8. The van der Waals surface area contributed by atoms with E-state index >= 15 is 0 Å². The van der Waals surface area contributed by atoms with Gasteiger partial charge in [-0.2, -0.15) is 0 Å².